The molecule has 1 aromatic rings. The molecule has 6 heteroatoms. The zero-order valence-electron chi connectivity index (χ0n) is 7.62. The van der Waals surface area contributed by atoms with E-state index < -0.39 is 0 Å². The van der Waals surface area contributed by atoms with Crippen LogP contribution >= 0.6 is 40.7 Å². The lowest BCUT2D eigenvalue weighted by atomic mass is 9.95. The van der Waals surface area contributed by atoms with Gasteiger partial charge < -0.3 is 5.32 Å². The average molecular weight is 303 g/mol. The topological polar surface area (TPSA) is 40.7 Å². The van der Waals surface area contributed by atoms with E-state index in [2.05, 4.69) is 31.4 Å². The van der Waals surface area contributed by atoms with Gasteiger partial charge >= 0.3 is 0 Å². The van der Waals surface area contributed by atoms with E-state index in [4.69, 9.17) is 0 Å². The first-order chi connectivity index (χ1) is 5.88. The Morgan fingerprint density at radius 3 is 2.43 bits per heavy atom. The summed E-state index contributed by atoms with van der Waals surface area (Å²) in [5.74, 6) is 0.656. The number of hydrogen-bond acceptors (Lipinski definition) is 2. The Morgan fingerprint density at radius 2 is 1.93 bits per heavy atom. The van der Waals surface area contributed by atoms with E-state index in [0.717, 1.165) is 17.6 Å². The van der Waals surface area contributed by atoms with Gasteiger partial charge in [0.25, 0.3) is 0 Å². The fraction of sp³-hybridized carbons (Fsp3) is 0.625. The molecule has 1 aliphatic rings. The van der Waals surface area contributed by atoms with Gasteiger partial charge in [0.2, 0.25) is 0 Å². The zero-order chi connectivity index (χ0) is 8.39. The first kappa shape index (κ1) is 14.2. The van der Waals surface area contributed by atoms with Crippen molar-refractivity contribution in [3.05, 3.63) is 16.4 Å². The Hall–Kier alpha value is 0.230. The van der Waals surface area contributed by atoms with Gasteiger partial charge in [-0.15, -0.1) is 24.8 Å². The van der Waals surface area contributed by atoms with Crippen molar-refractivity contribution >= 4 is 40.7 Å². The van der Waals surface area contributed by atoms with Gasteiger partial charge in [0.15, 0.2) is 0 Å². The quantitative estimate of drug-likeness (QED) is 0.837. The molecule has 1 saturated heterocycles. The van der Waals surface area contributed by atoms with Gasteiger partial charge in [0.05, 0.1) is 16.4 Å². The van der Waals surface area contributed by atoms with Crippen molar-refractivity contribution in [1.82, 2.24) is 15.5 Å². The van der Waals surface area contributed by atoms with Crippen molar-refractivity contribution in [1.29, 1.82) is 0 Å². The summed E-state index contributed by atoms with van der Waals surface area (Å²) >= 11 is 3.49. The Bertz CT molecular complexity index is 261. The number of H-pyrrole nitrogens is 1. The second kappa shape index (κ2) is 6.67. The molecule has 82 valence electrons. The highest BCUT2D eigenvalue weighted by Crippen LogP contribution is 2.28. The molecule has 0 atom stereocenters. The number of halogens is 3. The molecule has 0 bridgehead atoms. The lowest BCUT2D eigenvalue weighted by Gasteiger charge is -2.21. The highest BCUT2D eigenvalue weighted by molar-refractivity contribution is 9.10. The third kappa shape index (κ3) is 3.12. The SMILES string of the molecule is Brc1cn[nH]c1C1CCNCC1.Cl.Cl. The molecule has 1 aromatic heterocycles. The summed E-state index contributed by atoms with van der Waals surface area (Å²) in [7, 11) is 0. The minimum atomic E-state index is 0. The fourth-order valence-electron chi connectivity index (χ4n) is 1.68. The molecule has 3 nitrogen and oxygen atoms in total. The van der Waals surface area contributed by atoms with Crippen LogP contribution in [0.3, 0.4) is 0 Å². The molecule has 1 fully saturated rings. The zero-order valence-corrected chi connectivity index (χ0v) is 10.8. The summed E-state index contributed by atoms with van der Waals surface area (Å²) in [6.07, 6.45) is 4.25. The van der Waals surface area contributed by atoms with E-state index in [1.54, 1.807) is 0 Å². The van der Waals surface area contributed by atoms with Crippen LogP contribution in [-0.4, -0.2) is 23.3 Å². The molecule has 1 aliphatic heterocycles. The summed E-state index contributed by atoms with van der Waals surface area (Å²) in [6, 6.07) is 0. The monoisotopic (exact) mass is 301 g/mol. The van der Waals surface area contributed by atoms with Crippen LogP contribution in [0.15, 0.2) is 10.7 Å². The summed E-state index contributed by atoms with van der Waals surface area (Å²) in [5, 5.41) is 10.4. The van der Waals surface area contributed by atoms with Gasteiger partial charge in [-0.1, -0.05) is 0 Å². The number of rotatable bonds is 1. The molecule has 2 N–H and O–H groups in total. The van der Waals surface area contributed by atoms with Crippen molar-refractivity contribution in [3.8, 4) is 0 Å². The number of aromatic amines is 1. The molecule has 0 spiro atoms. The third-order valence-electron chi connectivity index (χ3n) is 2.37. The number of aromatic nitrogens is 2. The number of nitrogens with zero attached hydrogens (tertiary/aromatic N) is 1. The van der Waals surface area contributed by atoms with Gasteiger partial charge in [0.1, 0.15) is 0 Å². The van der Waals surface area contributed by atoms with Crippen LogP contribution in [0.2, 0.25) is 0 Å². The van der Waals surface area contributed by atoms with Crippen molar-refractivity contribution < 1.29 is 0 Å². The Morgan fingerprint density at radius 1 is 1.29 bits per heavy atom. The Balaban J connectivity index is 0.000000845. The van der Waals surface area contributed by atoms with E-state index in [1.807, 2.05) is 6.20 Å². The number of piperidine rings is 1. The molecular weight excluding hydrogens is 289 g/mol. The van der Waals surface area contributed by atoms with Gasteiger partial charge in [-0.25, -0.2) is 0 Å². The molecule has 0 aliphatic carbocycles. The van der Waals surface area contributed by atoms with Crippen molar-refractivity contribution in [3.63, 3.8) is 0 Å². The summed E-state index contributed by atoms with van der Waals surface area (Å²) in [4.78, 5) is 0. The summed E-state index contributed by atoms with van der Waals surface area (Å²) in [5.41, 5.74) is 1.26. The van der Waals surface area contributed by atoms with Crippen LogP contribution in [0.5, 0.6) is 0 Å². The van der Waals surface area contributed by atoms with Gasteiger partial charge in [-0.2, -0.15) is 5.10 Å². The van der Waals surface area contributed by atoms with Crippen molar-refractivity contribution in [2.75, 3.05) is 13.1 Å². The second-order valence-corrected chi connectivity index (χ2v) is 4.01. The maximum atomic E-state index is 4.00. The molecule has 0 saturated carbocycles. The number of hydrogen-bond donors (Lipinski definition) is 2. The standard InChI is InChI=1S/C8H12BrN3.2ClH/c9-7-5-11-12-8(7)6-1-3-10-4-2-6;;/h5-6,10H,1-4H2,(H,11,12);2*1H. The Labute approximate surface area is 104 Å². The molecule has 0 amide bonds. The van der Waals surface area contributed by atoms with Crippen LogP contribution in [0.4, 0.5) is 0 Å². The molecule has 2 rings (SSSR count). The summed E-state index contributed by atoms with van der Waals surface area (Å²) in [6.45, 7) is 2.24. The smallest absolute Gasteiger partial charge is 0.0632 e. The predicted molar refractivity (Wildman–Crippen MR) is 65.6 cm³/mol. The molecule has 0 aromatic carbocycles. The first-order valence-corrected chi connectivity index (χ1v) is 5.06. The highest BCUT2D eigenvalue weighted by Gasteiger charge is 2.18. The van der Waals surface area contributed by atoms with Crippen LogP contribution in [0, 0.1) is 0 Å². The van der Waals surface area contributed by atoms with Crippen LogP contribution < -0.4 is 5.32 Å². The maximum Gasteiger partial charge on any atom is 0.0632 e. The second-order valence-electron chi connectivity index (χ2n) is 3.16. The van der Waals surface area contributed by atoms with E-state index in [9.17, 15) is 0 Å². The van der Waals surface area contributed by atoms with E-state index in [-0.39, 0.29) is 24.8 Å². The average Bonchev–Trinajstić information content (AvgIpc) is 2.53. The van der Waals surface area contributed by atoms with Crippen LogP contribution in [0.25, 0.3) is 0 Å². The van der Waals surface area contributed by atoms with Crippen LogP contribution in [-0.2, 0) is 0 Å². The van der Waals surface area contributed by atoms with Crippen molar-refractivity contribution in [2.45, 2.75) is 18.8 Å². The number of nitrogens with one attached hydrogen (secondary N) is 2. The molecular formula is C8H14BrCl2N3. The summed E-state index contributed by atoms with van der Waals surface area (Å²) < 4.78 is 1.12. The molecule has 0 unspecified atom stereocenters. The van der Waals surface area contributed by atoms with Gasteiger partial charge in [-0.05, 0) is 41.9 Å². The van der Waals surface area contributed by atoms with E-state index in [1.165, 1.54) is 18.5 Å². The van der Waals surface area contributed by atoms with E-state index >= 15 is 0 Å². The predicted octanol–water partition coefficient (Wildman–Crippen LogP) is 2.48. The Kier molecular flexibility index (Phi) is 6.78. The van der Waals surface area contributed by atoms with Crippen LogP contribution in [0.1, 0.15) is 24.5 Å². The van der Waals surface area contributed by atoms with Gasteiger partial charge in [0, 0.05) is 5.92 Å². The molecule has 14 heavy (non-hydrogen) atoms. The van der Waals surface area contributed by atoms with E-state index in [0.29, 0.717) is 5.92 Å². The largest absolute Gasteiger partial charge is 0.317 e. The molecule has 2 heterocycles. The highest BCUT2D eigenvalue weighted by atomic mass is 79.9. The lowest BCUT2D eigenvalue weighted by Crippen LogP contribution is -2.26. The molecule has 0 radical (unpaired) electrons. The van der Waals surface area contributed by atoms with Crippen molar-refractivity contribution in [2.24, 2.45) is 0 Å². The normalized spacial score (nSPS) is 16.9. The minimum Gasteiger partial charge on any atom is -0.317 e. The minimum absolute atomic E-state index is 0. The first-order valence-electron chi connectivity index (χ1n) is 4.27. The maximum absolute atomic E-state index is 4.00. The van der Waals surface area contributed by atoms with Gasteiger partial charge in [-0.3, -0.25) is 5.10 Å². The fourth-order valence-corrected chi connectivity index (χ4v) is 2.19. The third-order valence-corrected chi connectivity index (χ3v) is 3.00. The lowest BCUT2D eigenvalue weighted by molar-refractivity contribution is 0.452.